The second-order valence-corrected chi connectivity index (χ2v) is 3.55. The minimum atomic E-state index is 0.329. The first-order valence-corrected chi connectivity index (χ1v) is 4.70. The second kappa shape index (κ2) is 4.87. The first-order chi connectivity index (χ1) is 6.22. The number of hydrogen-bond acceptors (Lipinski definition) is 2. The van der Waals surface area contributed by atoms with Gasteiger partial charge in [-0.25, -0.2) is 0 Å². The van der Waals surface area contributed by atoms with Gasteiger partial charge < -0.3 is 10.8 Å². The number of aromatic hydroxyl groups is 1. The number of nitrogens with two attached hydrogens (primary N) is 1. The van der Waals surface area contributed by atoms with Crippen LogP contribution in [0.3, 0.4) is 0 Å². The highest BCUT2D eigenvalue weighted by Crippen LogP contribution is 2.14. The summed E-state index contributed by atoms with van der Waals surface area (Å²) in [4.78, 5) is 0. The molecule has 0 spiro atoms. The molecule has 0 fully saturated rings. The van der Waals surface area contributed by atoms with E-state index in [0.717, 1.165) is 19.4 Å². The molecule has 0 bridgehead atoms. The zero-order chi connectivity index (χ0) is 9.68. The topological polar surface area (TPSA) is 46.2 Å². The molecule has 72 valence electrons. The molecule has 1 atom stereocenters. The van der Waals surface area contributed by atoms with Crippen molar-refractivity contribution in [2.75, 3.05) is 6.54 Å². The summed E-state index contributed by atoms with van der Waals surface area (Å²) in [5, 5.41) is 9.07. The van der Waals surface area contributed by atoms with Crippen molar-refractivity contribution in [3.8, 4) is 5.75 Å². The van der Waals surface area contributed by atoms with Crippen LogP contribution in [0.2, 0.25) is 0 Å². The summed E-state index contributed by atoms with van der Waals surface area (Å²) in [7, 11) is 0. The van der Waals surface area contributed by atoms with Gasteiger partial charge >= 0.3 is 0 Å². The maximum absolute atomic E-state index is 9.07. The molecule has 0 aliphatic heterocycles. The maximum atomic E-state index is 9.07. The molecule has 0 amide bonds. The Hall–Kier alpha value is -1.02. The van der Waals surface area contributed by atoms with E-state index in [0.29, 0.717) is 11.7 Å². The number of hydrogen-bond donors (Lipinski definition) is 2. The fraction of sp³-hybridized carbons (Fsp3) is 0.455. The van der Waals surface area contributed by atoms with E-state index in [2.05, 4.69) is 6.92 Å². The summed E-state index contributed by atoms with van der Waals surface area (Å²) in [6.07, 6.45) is 2.10. The lowest BCUT2D eigenvalue weighted by molar-refractivity contribution is 0.474. The minimum absolute atomic E-state index is 0.329. The van der Waals surface area contributed by atoms with Crippen LogP contribution in [0, 0.1) is 5.92 Å². The first-order valence-electron chi connectivity index (χ1n) is 4.70. The van der Waals surface area contributed by atoms with Crippen LogP contribution in [0.1, 0.15) is 18.9 Å². The average molecular weight is 179 g/mol. The molecule has 0 heterocycles. The Labute approximate surface area is 79.4 Å². The molecule has 2 nitrogen and oxygen atoms in total. The molecular formula is C11H17NO. The lowest BCUT2D eigenvalue weighted by Gasteiger charge is -2.09. The molecule has 0 aromatic heterocycles. The van der Waals surface area contributed by atoms with E-state index in [1.165, 1.54) is 5.56 Å². The van der Waals surface area contributed by atoms with Crippen LogP contribution in [0.5, 0.6) is 5.75 Å². The Morgan fingerprint density at radius 3 is 2.46 bits per heavy atom. The Morgan fingerprint density at radius 2 is 1.92 bits per heavy atom. The molecular weight excluding hydrogens is 162 g/mol. The first kappa shape index (κ1) is 10.1. The van der Waals surface area contributed by atoms with Gasteiger partial charge in [-0.1, -0.05) is 19.1 Å². The zero-order valence-corrected chi connectivity index (χ0v) is 8.03. The van der Waals surface area contributed by atoms with Gasteiger partial charge in [0.15, 0.2) is 0 Å². The lowest BCUT2D eigenvalue weighted by Crippen LogP contribution is -2.07. The van der Waals surface area contributed by atoms with Crippen molar-refractivity contribution in [2.45, 2.75) is 19.8 Å². The van der Waals surface area contributed by atoms with Crippen LogP contribution in [-0.2, 0) is 6.42 Å². The summed E-state index contributed by atoms with van der Waals surface area (Å²) >= 11 is 0. The van der Waals surface area contributed by atoms with E-state index in [1.807, 2.05) is 12.1 Å². The molecule has 0 aliphatic carbocycles. The highest BCUT2D eigenvalue weighted by Gasteiger charge is 2.02. The third-order valence-electron chi connectivity index (χ3n) is 2.18. The van der Waals surface area contributed by atoms with Crippen molar-refractivity contribution in [3.63, 3.8) is 0 Å². The van der Waals surface area contributed by atoms with Crippen LogP contribution in [-0.4, -0.2) is 11.7 Å². The molecule has 0 saturated carbocycles. The zero-order valence-electron chi connectivity index (χ0n) is 8.03. The maximum Gasteiger partial charge on any atom is 0.115 e. The highest BCUT2D eigenvalue weighted by atomic mass is 16.3. The molecule has 1 aromatic carbocycles. The number of benzene rings is 1. The molecule has 3 N–H and O–H groups in total. The van der Waals surface area contributed by atoms with Crippen LogP contribution in [0.25, 0.3) is 0 Å². The molecule has 0 aliphatic rings. The predicted octanol–water partition coefficient (Wildman–Crippen LogP) is 1.92. The quantitative estimate of drug-likeness (QED) is 0.741. The van der Waals surface area contributed by atoms with E-state index in [4.69, 9.17) is 10.8 Å². The Kier molecular flexibility index (Phi) is 3.77. The van der Waals surface area contributed by atoms with Gasteiger partial charge in [0.1, 0.15) is 5.75 Å². The third-order valence-corrected chi connectivity index (χ3v) is 2.18. The van der Waals surface area contributed by atoms with Crippen LogP contribution in [0.4, 0.5) is 0 Å². The van der Waals surface area contributed by atoms with Crippen LogP contribution < -0.4 is 5.73 Å². The van der Waals surface area contributed by atoms with Gasteiger partial charge in [-0.2, -0.15) is 0 Å². The van der Waals surface area contributed by atoms with Crippen LogP contribution in [0.15, 0.2) is 24.3 Å². The van der Waals surface area contributed by atoms with Crippen molar-refractivity contribution < 1.29 is 5.11 Å². The van der Waals surface area contributed by atoms with Crippen molar-refractivity contribution in [3.05, 3.63) is 29.8 Å². The molecule has 13 heavy (non-hydrogen) atoms. The van der Waals surface area contributed by atoms with Gasteiger partial charge in [-0.3, -0.25) is 0 Å². The van der Waals surface area contributed by atoms with Gasteiger partial charge in [0, 0.05) is 0 Å². The van der Waals surface area contributed by atoms with Crippen molar-refractivity contribution in [2.24, 2.45) is 11.7 Å². The highest BCUT2D eigenvalue weighted by molar-refractivity contribution is 5.26. The smallest absolute Gasteiger partial charge is 0.115 e. The van der Waals surface area contributed by atoms with E-state index in [1.54, 1.807) is 12.1 Å². The van der Waals surface area contributed by atoms with Gasteiger partial charge in [0.25, 0.3) is 0 Å². The van der Waals surface area contributed by atoms with Crippen molar-refractivity contribution in [1.29, 1.82) is 0 Å². The summed E-state index contributed by atoms with van der Waals surface area (Å²) < 4.78 is 0. The minimum Gasteiger partial charge on any atom is -0.508 e. The fourth-order valence-electron chi connectivity index (χ4n) is 1.42. The number of phenolic OH excluding ortho intramolecular Hbond substituents is 1. The monoisotopic (exact) mass is 179 g/mol. The van der Waals surface area contributed by atoms with E-state index < -0.39 is 0 Å². The third kappa shape index (κ3) is 3.47. The molecule has 1 rings (SSSR count). The molecule has 1 unspecified atom stereocenters. The Morgan fingerprint density at radius 1 is 1.31 bits per heavy atom. The number of rotatable bonds is 4. The van der Waals surface area contributed by atoms with Gasteiger partial charge in [0.05, 0.1) is 0 Å². The van der Waals surface area contributed by atoms with Gasteiger partial charge in [-0.05, 0) is 43.0 Å². The van der Waals surface area contributed by atoms with Crippen molar-refractivity contribution >= 4 is 0 Å². The van der Waals surface area contributed by atoms with Crippen molar-refractivity contribution in [1.82, 2.24) is 0 Å². The molecule has 1 aromatic rings. The van der Waals surface area contributed by atoms with E-state index >= 15 is 0 Å². The SMILES string of the molecule is CC(CCN)Cc1ccc(O)cc1. The van der Waals surface area contributed by atoms with E-state index in [-0.39, 0.29) is 0 Å². The Balaban J connectivity index is 2.49. The lowest BCUT2D eigenvalue weighted by atomic mass is 9.98. The Bertz CT molecular complexity index is 243. The van der Waals surface area contributed by atoms with Gasteiger partial charge in [-0.15, -0.1) is 0 Å². The van der Waals surface area contributed by atoms with Gasteiger partial charge in [0.2, 0.25) is 0 Å². The number of phenols is 1. The largest absolute Gasteiger partial charge is 0.508 e. The molecule has 0 saturated heterocycles. The fourth-order valence-corrected chi connectivity index (χ4v) is 1.42. The summed E-state index contributed by atoms with van der Waals surface area (Å²) in [5.74, 6) is 0.949. The average Bonchev–Trinajstić information content (AvgIpc) is 2.09. The summed E-state index contributed by atoms with van der Waals surface area (Å²) in [6, 6.07) is 7.37. The van der Waals surface area contributed by atoms with E-state index in [9.17, 15) is 0 Å². The predicted molar refractivity (Wildman–Crippen MR) is 54.6 cm³/mol. The molecule has 0 radical (unpaired) electrons. The van der Waals surface area contributed by atoms with Crippen LogP contribution >= 0.6 is 0 Å². The molecule has 2 heteroatoms. The standard InChI is InChI=1S/C11H17NO/c1-9(6-7-12)8-10-2-4-11(13)5-3-10/h2-5,9,13H,6-8,12H2,1H3. The normalized spacial score (nSPS) is 12.8. The summed E-state index contributed by atoms with van der Waals surface area (Å²) in [5.41, 5.74) is 6.73. The second-order valence-electron chi connectivity index (χ2n) is 3.55. The summed E-state index contributed by atoms with van der Waals surface area (Å²) in [6.45, 7) is 2.94.